The Morgan fingerprint density at radius 3 is 1.28 bits per heavy atom. The molecule has 3 aromatic carbocycles. The Balaban J connectivity index is 0.000000326. The fraction of sp³-hybridized carbons (Fsp3) is 0.0455. The Hall–Kier alpha value is -3.33. The average molecular weight is 331 g/mol. The lowest BCUT2D eigenvalue weighted by molar-refractivity contribution is -0.134. The molecule has 25 heavy (non-hydrogen) atoms. The van der Waals surface area contributed by atoms with E-state index in [1.54, 1.807) is 0 Å². The van der Waals surface area contributed by atoms with Gasteiger partial charge in [0.05, 0.1) is 7.11 Å². The maximum Gasteiger partial charge on any atom is 0.329 e. The summed E-state index contributed by atoms with van der Waals surface area (Å²) < 4.78 is 4.14. The molecule has 3 rings (SSSR count). The molecule has 3 aromatic rings. The number of hydrogen-bond acceptors (Lipinski definition) is 3. The number of nitrogens with zero attached hydrogens (tertiary/aromatic N) is 1. The van der Waals surface area contributed by atoms with Crippen LogP contribution in [0.25, 0.3) is 0 Å². The molecule has 0 atom stereocenters. The van der Waals surface area contributed by atoms with E-state index in [0.717, 1.165) is 6.08 Å². The molecule has 0 heterocycles. The number of esters is 1. The van der Waals surface area contributed by atoms with E-state index in [0.29, 0.717) is 0 Å². The van der Waals surface area contributed by atoms with Gasteiger partial charge in [0.15, 0.2) is 0 Å². The summed E-state index contributed by atoms with van der Waals surface area (Å²) in [6.07, 6.45) is 1.11. The molecule has 0 aromatic heterocycles. The van der Waals surface area contributed by atoms with E-state index in [1.165, 1.54) is 24.2 Å². The normalized spacial score (nSPS) is 9.32. The van der Waals surface area contributed by atoms with Crippen LogP contribution in [0.4, 0.5) is 17.1 Å². The molecule has 0 saturated carbocycles. The first-order valence-electron chi connectivity index (χ1n) is 7.92. The van der Waals surface area contributed by atoms with Crippen LogP contribution < -0.4 is 4.90 Å². The fourth-order valence-corrected chi connectivity index (χ4v) is 2.26. The Morgan fingerprint density at radius 2 is 1.08 bits per heavy atom. The molecule has 0 amide bonds. The SMILES string of the molecule is C=CC(=O)OC.c1ccc(N(c2ccccc2)c2ccccc2)cc1. The van der Waals surface area contributed by atoms with Gasteiger partial charge < -0.3 is 9.64 Å². The number of rotatable bonds is 4. The van der Waals surface area contributed by atoms with Crippen molar-refractivity contribution in [3.05, 3.63) is 104 Å². The predicted molar refractivity (Wildman–Crippen MR) is 103 cm³/mol. The number of methoxy groups -OCH3 is 1. The maximum atomic E-state index is 9.84. The lowest BCUT2D eigenvalue weighted by Gasteiger charge is -2.25. The summed E-state index contributed by atoms with van der Waals surface area (Å²) >= 11 is 0. The molecular formula is C22H21NO2. The van der Waals surface area contributed by atoms with E-state index < -0.39 is 5.97 Å². The molecule has 0 aliphatic carbocycles. The molecule has 3 nitrogen and oxygen atoms in total. The summed E-state index contributed by atoms with van der Waals surface area (Å²) in [5.74, 6) is -0.394. The third-order valence-electron chi connectivity index (χ3n) is 3.41. The van der Waals surface area contributed by atoms with Gasteiger partial charge >= 0.3 is 5.97 Å². The number of benzene rings is 3. The zero-order valence-corrected chi connectivity index (χ0v) is 14.2. The highest BCUT2D eigenvalue weighted by Crippen LogP contribution is 2.33. The lowest BCUT2D eigenvalue weighted by Crippen LogP contribution is -2.09. The minimum atomic E-state index is -0.394. The van der Waals surface area contributed by atoms with E-state index in [4.69, 9.17) is 0 Å². The third kappa shape index (κ3) is 5.36. The van der Waals surface area contributed by atoms with Crippen LogP contribution in [0.2, 0.25) is 0 Å². The van der Waals surface area contributed by atoms with Crippen LogP contribution in [-0.4, -0.2) is 13.1 Å². The van der Waals surface area contributed by atoms with Crippen LogP contribution in [0.1, 0.15) is 0 Å². The monoisotopic (exact) mass is 331 g/mol. The van der Waals surface area contributed by atoms with Crippen molar-refractivity contribution >= 4 is 23.0 Å². The molecule has 126 valence electrons. The number of carbonyl (C=O) groups excluding carboxylic acids is 1. The number of hydrogen-bond donors (Lipinski definition) is 0. The van der Waals surface area contributed by atoms with Gasteiger partial charge in [-0.25, -0.2) is 4.79 Å². The van der Waals surface area contributed by atoms with Gasteiger partial charge in [-0.15, -0.1) is 0 Å². The van der Waals surface area contributed by atoms with E-state index in [2.05, 4.69) is 89.0 Å². The van der Waals surface area contributed by atoms with Crippen LogP contribution >= 0.6 is 0 Å². The van der Waals surface area contributed by atoms with Crippen molar-refractivity contribution in [3.63, 3.8) is 0 Å². The van der Waals surface area contributed by atoms with Crippen LogP contribution in [0.5, 0.6) is 0 Å². The molecular weight excluding hydrogens is 310 g/mol. The van der Waals surface area contributed by atoms with Gasteiger partial charge in [-0.1, -0.05) is 61.2 Å². The van der Waals surface area contributed by atoms with Crippen molar-refractivity contribution in [3.8, 4) is 0 Å². The van der Waals surface area contributed by atoms with Crippen molar-refractivity contribution in [2.45, 2.75) is 0 Å². The van der Waals surface area contributed by atoms with E-state index in [1.807, 2.05) is 18.2 Å². The quantitative estimate of drug-likeness (QED) is 0.467. The summed E-state index contributed by atoms with van der Waals surface area (Å²) in [6.45, 7) is 3.16. The average Bonchev–Trinajstić information content (AvgIpc) is 2.70. The van der Waals surface area contributed by atoms with Crippen LogP contribution in [0, 0.1) is 0 Å². The van der Waals surface area contributed by atoms with Gasteiger partial charge in [-0.3, -0.25) is 0 Å². The molecule has 0 unspecified atom stereocenters. The highest BCUT2D eigenvalue weighted by molar-refractivity contribution is 5.81. The molecule has 0 N–H and O–H groups in total. The Bertz CT molecular complexity index is 677. The molecule has 0 aliphatic rings. The first-order chi connectivity index (χ1) is 12.3. The molecule has 0 bridgehead atoms. The summed E-state index contributed by atoms with van der Waals surface area (Å²) in [5, 5.41) is 0. The molecule has 0 spiro atoms. The number of para-hydroxylation sites is 3. The number of ether oxygens (including phenoxy) is 1. The second kappa shape index (κ2) is 9.73. The maximum absolute atomic E-state index is 9.84. The minimum absolute atomic E-state index is 0.394. The highest BCUT2D eigenvalue weighted by Gasteiger charge is 2.10. The van der Waals surface area contributed by atoms with E-state index in [9.17, 15) is 4.79 Å². The minimum Gasteiger partial charge on any atom is -0.466 e. The van der Waals surface area contributed by atoms with Crippen molar-refractivity contribution in [2.75, 3.05) is 12.0 Å². The van der Waals surface area contributed by atoms with Crippen molar-refractivity contribution in [1.82, 2.24) is 0 Å². The summed E-state index contributed by atoms with van der Waals surface area (Å²) in [4.78, 5) is 12.1. The van der Waals surface area contributed by atoms with Crippen LogP contribution in [0.15, 0.2) is 104 Å². The lowest BCUT2D eigenvalue weighted by atomic mass is 10.2. The number of carbonyl (C=O) groups is 1. The zero-order valence-electron chi connectivity index (χ0n) is 14.2. The standard InChI is InChI=1S/C18H15N.C4H6O2/c1-4-10-16(11-5-1)19(17-12-6-2-7-13-17)18-14-8-3-9-15-18;1-3-4(5)6-2/h1-15H;3H,1H2,2H3. The first kappa shape index (κ1) is 18.0. The van der Waals surface area contributed by atoms with Crippen LogP contribution in [-0.2, 0) is 9.53 Å². The van der Waals surface area contributed by atoms with Gasteiger partial charge in [-0.2, -0.15) is 0 Å². The molecule has 3 heteroatoms. The number of anilines is 3. The second-order valence-electron chi connectivity index (χ2n) is 5.07. The van der Waals surface area contributed by atoms with Crippen molar-refractivity contribution < 1.29 is 9.53 Å². The van der Waals surface area contributed by atoms with Gasteiger partial charge in [-0.05, 0) is 36.4 Å². The summed E-state index contributed by atoms with van der Waals surface area (Å²) in [7, 11) is 1.31. The predicted octanol–water partition coefficient (Wildman–Crippen LogP) is 5.50. The zero-order chi connectivity index (χ0) is 17.9. The smallest absolute Gasteiger partial charge is 0.329 e. The highest BCUT2D eigenvalue weighted by atomic mass is 16.5. The molecule has 0 radical (unpaired) electrons. The fourth-order valence-electron chi connectivity index (χ4n) is 2.26. The molecule has 0 saturated heterocycles. The van der Waals surface area contributed by atoms with Gasteiger partial charge in [0.1, 0.15) is 0 Å². The largest absolute Gasteiger partial charge is 0.466 e. The van der Waals surface area contributed by atoms with Gasteiger partial charge in [0, 0.05) is 23.1 Å². The van der Waals surface area contributed by atoms with E-state index >= 15 is 0 Å². The summed E-state index contributed by atoms with van der Waals surface area (Å²) in [5.41, 5.74) is 3.50. The molecule has 0 aliphatic heterocycles. The Labute approximate surface area is 148 Å². The topological polar surface area (TPSA) is 29.5 Å². The van der Waals surface area contributed by atoms with Crippen molar-refractivity contribution in [1.29, 1.82) is 0 Å². The Morgan fingerprint density at radius 1 is 0.760 bits per heavy atom. The second-order valence-corrected chi connectivity index (χ2v) is 5.07. The van der Waals surface area contributed by atoms with Crippen molar-refractivity contribution in [2.24, 2.45) is 0 Å². The Kier molecular flexibility index (Phi) is 7.01. The van der Waals surface area contributed by atoms with Crippen LogP contribution in [0.3, 0.4) is 0 Å². The first-order valence-corrected chi connectivity index (χ1v) is 7.92. The van der Waals surface area contributed by atoms with Gasteiger partial charge in [0.2, 0.25) is 0 Å². The van der Waals surface area contributed by atoms with Gasteiger partial charge in [0.25, 0.3) is 0 Å². The summed E-state index contributed by atoms with van der Waals surface area (Å²) in [6, 6.07) is 31.3. The third-order valence-corrected chi connectivity index (χ3v) is 3.41. The molecule has 0 fully saturated rings. The van der Waals surface area contributed by atoms with E-state index in [-0.39, 0.29) is 0 Å².